The van der Waals surface area contributed by atoms with Gasteiger partial charge in [-0.1, -0.05) is 24.6 Å². The number of rotatable bonds is 4. The largest absolute Gasteiger partial charge is 0.481 e. The summed E-state index contributed by atoms with van der Waals surface area (Å²) in [5, 5.41) is 12.1. The molecule has 0 aromatic heterocycles. The van der Waals surface area contributed by atoms with Gasteiger partial charge in [-0.25, -0.2) is 0 Å². The lowest BCUT2D eigenvalue weighted by Crippen LogP contribution is -2.45. The highest BCUT2D eigenvalue weighted by molar-refractivity contribution is 5.92. The number of nitrogens with one attached hydrogen (secondary N) is 1. The van der Waals surface area contributed by atoms with Crippen molar-refractivity contribution in [3.05, 3.63) is 30.3 Å². The van der Waals surface area contributed by atoms with Crippen molar-refractivity contribution in [1.82, 2.24) is 4.90 Å². The van der Waals surface area contributed by atoms with Crippen molar-refractivity contribution in [3.63, 3.8) is 0 Å². The van der Waals surface area contributed by atoms with Gasteiger partial charge in [-0.3, -0.25) is 14.4 Å². The first-order chi connectivity index (χ1) is 12.5. The van der Waals surface area contributed by atoms with Gasteiger partial charge in [0.15, 0.2) is 0 Å². The molecule has 140 valence electrons. The minimum Gasteiger partial charge on any atom is -0.481 e. The summed E-state index contributed by atoms with van der Waals surface area (Å²) in [7, 11) is 0. The summed E-state index contributed by atoms with van der Waals surface area (Å²) in [4.78, 5) is 38.1. The zero-order valence-electron chi connectivity index (χ0n) is 14.9. The van der Waals surface area contributed by atoms with Gasteiger partial charge in [-0.15, -0.1) is 0 Å². The first kappa shape index (κ1) is 18.4. The number of amides is 2. The van der Waals surface area contributed by atoms with Crippen molar-refractivity contribution in [3.8, 4) is 0 Å². The summed E-state index contributed by atoms with van der Waals surface area (Å²) >= 11 is 0. The number of hydrogen-bond acceptors (Lipinski definition) is 3. The van der Waals surface area contributed by atoms with E-state index >= 15 is 0 Å². The molecule has 2 aliphatic rings. The maximum absolute atomic E-state index is 12.7. The zero-order valence-corrected chi connectivity index (χ0v) is 14.9. The number of anilines is 1. The highest BCUT2D eigenvalue weighted by atomic mass is 16.4. The molecular formula is C20H26N2O4. The van der Waals surface area contributed by atoms with Crippen molar-refractivity contribution >= 4 is 23.5 Å². The normalized spacial score (nSPS) is 24.1. The van der Waals surface area contributed by atoms with Gasteiger partial charge in [0.1, 0.15) is 0 Å². The van der Waals surface area contributed by atoms with Crippen LogP contribution in [0.4, 0.5) is 5.69 Å². The SMILES string of the molecule is O=C(O)C1CCCC(C(=O)N2CCC(C(=O)Nc3ccccc3)CC2)C1. The molecule has 1 aromatic carbocycles. The molecule has 0 spiro atoms. The molecule has 1 heterocycles. The van der Waals surface area contributed by atoms with Gasteiger partial charge >= 0.3 is 5.97 Å². The van der Waals surface area contributed by atoms with Crippen molar-refractivity contribution in [2.24, 2.45) is 17.8 Å². The Kier molecular flexibility index (Phi) is 5.91. The molecule has 2 atom stereocenters. The maximum Gasteiger partial charge on any atom is 0.306 e. The predicted molar refractivity (Wildman–Crippen MR) is 97.5 cm³/mol. The van der Waals surface area contributed by atoms with Crippen LogP contribution in [-0.2, 0) is 14.4 Å². The number of likely N-dealkylation sites (tertiary alicyclic amines) is 1. The molecule has 3 rings (SSSR count). The van der Waals surface area contributed by atoms with Gasteiger partial charge in [-0.2, -0.15) is 0 Å². The summed E-state index contributed by atoms with van der Waals surface area (Å²) in [5.74, 6) is -1.38. The Bertz CT molecular complexity index is 653. The number of carboxylic acid groups (broad SMARTS) is 1. The second kappa shape index (κ2) is 8.34. The minimum absolute atomic E-state index is 0.00639. The van der Waals surface area contributed by atoms with E-state index in [0.29, 0.717) is 38.8 Å². The van der Waals surface area contributed by atoms with Crippen molar-refractivity contribution in [2.75, 3.05) is 18.4 Å². The molecule has 6 nitrogen and oxygen atoms in total. The number of aliphatic carboxylic acids is 1. The average molecular weight is 358 g/mol. The molecule has 1 aromatic rings. The lowest BCUT2D eigenvalue weighted by Gasteiger charge is -2.35. The fourth-order valence-electron chi connectivity index (χ4n) is 4.02. The Morgan fingerprint density at radius 1 is 0.923 bits per heavy atom. The predicted octanol–water partition coefficient (Wildman–Crippen LogP) is 2.75. The molecule has 26 heavy (non-hydrogen) atoms. The van der Waals surface area contributed by atoms with E-state index in [-0.39, 0.29) is 23.7 Å². The van der Waals surface area contributed by atoms with Crippen LogP contribution in [0, 0.1) is 17.8 Å². The topological polar surface area (TPSA) is 86.7 Å². The molecule has 6 heteroatoms. The highest BCUT2D eigenvalue weighted by Gasteiger charge is 2.35. The van der Waals surface area contributed by atoms with Crippen LogP contribution < -0.4 is 5.32 Å². The summed E-state index contributed by atoms with van der Waals surface area (Å²) in [5.41, 5.74) is 0.790. The Labute approximate surface area is 153 Å². The smallest absolute Gasteiger partial charge is 0.306 e. The Hall–Kier alpha value is -2.37. The fourth-order valence-corrected chi connectivity index (χ4v) is 4.02. The Morgan fingerprint density at radius 3 is 2.23 bits per heavy atom. The fraction of sp³-hybridized carbons (Fsp3) is 0.550. The van der Waals surface area contributed by atoms with Crippen LogP contribution in [0.3, 0.4) is 0 Å². The minimum atomic E-state index is -0.793. The third-order valence-corrected chi connectivity index (χ3v) is 5.59. The number of carbonyl (C=O) groups excluding carboxylic acids is 2. The molecule has 1 aliphatic heterocycles. The molecular weight excluding hydrogens is 332 g/mol. The van der Waals surface area contributed by atoms with Crippen molar-refractivity contribution < 1.29 is 19.5 Å². The molecule has 1 saturated heterocycles. The van der Waals surface area contributed by atoms with Gasteiger partial charge in [0.2, 0.25) is 11.8 Å². The second-order valence-electron chi connectivity index (χ2n) is 7.35. The monoisotopic (exact) mass is 358 g/mol. The van der Waals surface area contributed by atoms with Gasteiger partial charge in [0.25, 0.3) is 0 Å². The van der Waals surface area contributed by atoms with Crippen molar-refractivity contribution in [2.45, 2.75) is 38.5 Å². The first-order valence-corrected chi connectivity index (χ1v) is 9.42. The van der Waals surface area contributed by atoms with Crippen LogP contribution in [0.15, 0.2) is 30.3 Å². The maximum atomic E-state index is 12.7. The second-order valence-corrected chi connectivity index (χ2v) is 7.35. The molecule has 2 fully saturated rings. The van der Waals surface area contributed by atoms with Crippen molar-refractivity contribution in [1.29, 1.82) is 0 Å². The summed E-state index contributed by atoms with van der Waals surface area (Å²) in [6, 6.07) is 9.38. The third-order valence-electron chi connectivity index (χ3n) is 5.59. The van der Waals surface area contributed by atoms with Crippen LogP contribution in [-0.4, -0.2) is 40.9 Å². The summed E-state index contributed by atoms with van der Waals surface area (Å²) in [6.45, 7) is 1.14. The number of para-hydroxylation sites is 1. The first-order valence-electron chi connectivity index (χ1n) is 9.42. The number of carboxylic acids is 1. The zero-order chi connectivity index (χ0) is 18.5. The number of nitrogens with zero attached hydrogens (tertiary/aromatic N) is 1. The van der Waals surface area contributed by atoms with E-state index in [1.165, 1.54) is 0 Å². The van der Waals surface area contributed by atoms with E-state index in [2.05, 4.69) is 5.32 Å². The highest BCUT2D eigenvalue weighted by Crippen LogP contribution is 2.31. The van der Waals surface area contributed by atoms with Crippen LogP contribution in [0.25, 0.3) is 0 Å². The van der Waals surface area contributed by atoms with Gasteiger partial charge in [0, 0.05) is 30.6 Å². The number of carbonyl (C=O) groups is 3. The lowest BCUT2D eigenvalue weighted by molar-refractivity contribution is -0.146. The van der Waals surface area contributed by atoms with Gasteiger partial charge < -0.3 is 15.3 Å². The quantitative estimate of drug-likeness (QED) is 0.866. The van der Waals surface area contributed by atoms with Crippen LogP contribution >= 0.6 is 0 Å². The van der Waals surface area contributed by atoms with E-state index in [4.69, 9.17) is 0 Å². The molecule has 2 amide bonds. The summed E-state index contributed by atoms with van der Waals surface area (Å²) < 4.78 is 0. The van der Waals surface area contributed by atoms with Crippen LogP contribution in [0.2, 0.25) is 0 Å². The van der Waals surface area contributed by atoms with Crippen LogP contribution in [0.1, 0.15) is 38.5 Å². The standard InChI is InChI=1S/C20H26N2O4/c23-18(21-17-7-2-1-3-8-17)14-9-11-22(12-10-14)19(24)15-5-4-6-16(13-15)20(25)26/h1-3,7-8,14-16H,4-6,9-13H2,(H,21,23)(H,25,26). The Morgan fingerprint density at radius 2 is 1.58 bits per heavy atom. The molecule has 1 saturated carbocycles. The molecule has 0 bridgehead atoms. The third kappa shape index (κ3) is 4.42. The number of benzene rings is 1. The lowest BCUT2D eigenvalue weighted by atomic mass is 9.80. The van der Waals surface area contributed by atoms with E-state index in [1.807, 2.05) is 35.2 Å². The average Bonchev–Trinajstić information content (AvgIpc) is 2.68. The number of hydrogen-bond donors (Lipinski definition) is 2. The number of piperidine rings is 1. The van der Waals surface area contributed by atoms with Gasteiger partial charge in [-0.05, 0) is 44.2 Å². The van der Waals surface area contributed by atoms with E-state index in [1.54, 1.807) is 0 Å². The van der Waals surface area contributed by atoms with Gasteiger partial charge in [0.05, 0.1) is 5.92 Å². The Balaban J connectivity index is 1.49. The molecule has 0 radical (unpaired) electrons. The molecule has 1 aliphatic carbocycles. The molecule has 2 unspecified atom stereocenters. The van der Waals surface area contributed by atoms with E-state index in [9.17, 15) is 19.5 Å². The summed E-state index contributed by atoms with van der Waals surface area (Å²) in [6.07, 6.45) is 3.99. The van der Waals surface area contributed by atoms with E-state index in [0.717, 1.165) is 18.5 Å². The molecule has 2 N–H and O–H groups in total. The van der Waals surface area contributed by atoms with Crippen LogP contribution in [0.5, 0.6) is 0 Å². The van der Waals surface area contributed by atoms with E-state index < -0.39 is 11.9 Å².